The summed E-state index contributed by atoms with van der Waals surface area (Å²) < 4.78 is 32.7. The van der Waals surface area contributed by atoms with Crippen LogP contribution in [0.1, 0.15) is 194 Å². The average Bonchev–Trinajstić information content (AvgIpc) is 3.24. The molecule has 2 unspecified atom stereocenters. The molecular weight excluding hydrogens is 808 g/mol. The monoisotopic (exact) mass is 897 g/mol. The smallest absolute Gasteiger partial charge is 0.462 e. The summed E-state index contributed by atoms with van der Waals surface area (Å²) in [5.41, 5.74) is 0. The van der Waals surface area contributed by atoms with E-state index in [9.17, 15) is 29.3 Å². The molecule has 0 aromatic carbocycles. The van der Waals surface area contributed by atoms with Gasteiger partial charge in [-0.2, -0.15) is 0 Å². The predicted octanol–water partition coefficient (Wildman–Crippen LogP) is 12.3. The third-order valence-electron chi connectivity index (χ3n) is 10.2. The van der Waals surface area contributed by atoms with Gasteiger partial charge in [0.15, 0.2) is 6.10 Å². The number of carbonyl (C=O) groups excluding carboxylic acids is 2. The van der Waals surface area contributed by atoms with Crippen molar-refractivity contribution in [1.82, 2.24) is 0 Å². The standard InChI is InChI=1S/C50H89O11P/c1-4-5-6-7-8-9-10-17-21-24-27-30-33-37-46(52)38-35-40-50(55)61-48(44-60-62(56,57)59-42-47(53)41-51)43-58-49(54)39-34-31-28-25-22-19-16-14-12-11-13-15-18-20-23-26-29-32-36-45(2)3/h5-6,8-9,17,21,27,30,33,37,45-48,51-53H,4,7,10-16,18-20,22-26,28-29,31-32,34-36,38-44H2,1-3H3,(H,56,57)/b6-5-,9-8-,21-17-,30-27-,37-33+/t46?,47-,48+/m0/s1. The van der Waals surface area contributed by atoms with Crippen molar-refractivity contribution in [3.05, 3.63) is 60.8 Å². The number of hydrogen-bond acceptors (Lipinski definition) is 10. The zero-order valence-electron chi connectivity index (χ0n) is 39.1. The molecule has 62 heavy (non-hydrogen) atoms. The normalized spacial score (nSPS) is 14.8. The van der Waals surface area contributed by atoms with E-state index >= 15 is 0 Å². The zero-order chi connectivity index (χ0) is 45.8. The van der Waals surface area contributed by atoms with Crippen LogP contribution in [0.4, 0.5) is 0 Å². The molecule has 0 aliphatic rings. The summed E-state index contributed by atoms with van der Waals surface area (Å²) in [6.07, 6.45) is 45.1. The lowest BCUT2D eigenvalue weighted by molar-refractivity contribution is -0.161. The van der Waals surface area contributed by atoms with Crippen molar-refractivity contribution in [3.63, 3.8) is 0 Å². The summed E-state index contributed by atoms with van der Waals surface area (Å²) in [5.74, 6) is -0.290. The summed E-state index contributed by atoms with van der Waals surface area (Å²) >= 11 is 0. The number of esters is 2. The van der Waals surface area contributed by atoms with Crippen LogP contribution >= 0.6 is 7.82 Å². The van der Waals surface area contributed by atoms with Crippen LogP contribution in [0.25, 0.3) is 0 Å². The third kappa shape index (κ3) is 44.2. The van der Waals surface area contributed by atoms with Crippen molar-refractivity contribution in [3.8, 4) is 0 Å². The third-order valence-corrected chi connectivity index (χ3v) is 11.2. The number of carbonyl (C=O) groups is 2. The van der Waals surface area contributed by atoms with E-state index in [1.54, 1.807) is 12.2 Å². The van der Waals surface area contributed by atoms with E-state index in [4.69, 9.17) is 19.1 Å². The predicted molar refractivity (Wildman–Crippen MR) is 253 cm³/mol. The first-order chi connectivity index (χ1) is 30.0. The number of phosphoric ester groups is 1. The fraction of sp³-hybridized carbons (Fsp3) is 0.760. The number of unbranched alkanes of at least 4 members (excludes halogenated alkanes) is 17. The molecule has 0 saturated heterocycles. The van der Waals surface area contributed by atoms with Crippen molar-refractivity contribution in [2.24, 2.45) is 5.92 Å². The molecule has 0 aliphatic heterocycles. The quantitative estimate of drug-likeness (QED) is 0.0151. The lowest BCUT2D eigenvalue weighted by Gasteiger charge is -2.20. The van der Waals surface area contributed by atoms with Crippen LogP contribution in [0.15, 0.2) is 60.8 Å². The highest BCUT2D eigenvalue weighted by Crippen LogP contribution is 2.43. The summed E-state index contributed by atoms with van der Waals surface area (Å²) in [5, 5.41) is 28.7. The first kappa shape index (κ1) is 59.6. The van der Waals surface area contributed by atoms with Crippen LogP contribution in [-0.4, -0.2) is 76.9 Å². The second-order valence-corrected chi connectivity index (χ2v) is 18.2. The molecule has 0 spiro atoms. The average molecular weight is 897 g/mol. The Hall–Kier alpha value is -2.37. The van der Waals surface area contributed by atoms with E-state index in [0.29, 0.717) is 19.3 Å². The molecule has 0 amide bonds. The van der Waals surface area contributed by atoms with Gasteiger partial charge in [-0.05, 0) is 50.9 Å². The minimum atomic E-state index is -4.68. The molecule has 0 aromatic heterocycles. The van der Waals surface area contributed by atoms with Crippen LogP contribution in [-0.2, 0) is 32.7 Å². The molecule has 11 nitrogen and oxygen atoms in total. The Morgan fingerprint density at radius 2 is 1.03 bits per heavy atom. The Morgan fingerprint density at radius 1 is 0.565 bits per heavy atom. The Bertz CT molecular complexity index is 1250. The number of allylic oxidation sites excluding steroid dienone is 9. The largest absolute Gasteiger partial charge is 0.472 e. The van der Waals surface area contributed by atoms with Gasteiger partial charge in [-0.15, -0.1) is 0 Å². The van der Waals surface area contributed by atoms with Gasteiger partial charge in [0.05, 0.1) is 25.9 Å². The van der Waals surface area contributed by atoms with Gasteiger partial charge < -0.3 is 29.7 Å². The van der Waals surface area contributed by atoms with Gasteiger partial charge in [0.25, 0.3) is 0 Å². The maximum Gasteiger partial charge on any atom is 0.472 e. The summed E-state index contributed by atoms with van der Waals surface area (Å²) in [6, 6.07) is 0. The summed E-state index contributed by atoms with van der Waals surface area (Å²) in [6.45, 7) is 4.41. The lowest BCUT2D eigenvalue weighted by Crippen LogP contribution is -2.30. The molecule has 0 rings (SSSR count). The fourth-order valence-corrected chi connectivity index (χ4v) is 7.29. The maximum atomic E-state index is 12.7. The van der Waals surface area contributed by atoms with Crippen molar-refractivity contribution in [2.45, 2.75) is 212 Å². The Kier molecular flexibility index (Phi) is 42.2. The second-order valence-electron chi connectivity index (χ2n) is 16.8. The SMILES string of the molecule is CC/C=C\C/C=C\C/C=C\C/C=C\C=C\C(O)CCCC(=O)O[C@H](COC(=O)CCCCCCCCCCCCCCCCCCCCC(C)C)COP(=O)(O)OC[C@@H](O)CO. The van der Waals surface area contributed by atoms with Crippen LogP contribution < -0.4 is 0 Å². The zero-order valence-corrected chi connectivity index (χ0v) is 40.0. The van der Waals surface area contributed by atoms with E-state index in [1.165, 1.54) is 96.3 Å². The minimum absolute atomic E-state index is 0.0473. The molecule has 4 N–H and O–H groups in total. The Morgan fingerprint density at radius 3 is 1.55 bits per heavy atom. The van der Waals surface area contributed by atoms with Gasteiger partial charge >= 0.3 is 19.8 Å². The number of rotatable bonds is 44. The molecule has 0 aliphatic carbocycles. The first-order valence-electron chi connectivity index (χ1n) is 24.2. The number of aliphatic hydroxyl groups is 3. The van der Waals surface area contributed by atoms with Crippen LogP contribution in [0.2, 0.25) is 0 Å². The van der Waals surface area contributed by atoms with Crippen molar-refractivity contribution in [2.75, 3.05) is 26.4 Å². The van der Waals surface area contributed by atoms with E-state index in [1.807, 2.05) is 12.2 Å². The van der Waals surface area contributed by atoms with Crippen LogP contribution in [0.3, 0.4) is 0 Å². The lowest BCUT2D eigenvalue weighted by atomic mass is 10.0. The molecule has 12 heteroatoms. The van der Waals surface area contributed by atoms with Crippen molar-refractivity contribution in [1.29, 1.82) is 0 Å². The topological polar surface area (TPSA) is 169 Å². The number of hydrogen-bond donors (Lipinski definition) is 4. The van der Waals surface area contributed by atoms with Gasteiger partial charge in [-0.3, -0.25) is 18.6 Å². The van der Waals surface area contributed by atoms with Gasteiger partial charge in [0.2, 0.25) is 0 Å². The highest BCUT2D eigenvalue weighted by atomic mass is 31.2. The molecule has 0 fully saturated rings. The number of phosphoric acid groups is 1. The highest BCUT2D eigenvalue weighted by Gasteiger charge is 2.27. The first-order valence-corrected chi connectivity index (χ1v) is 25.7. The maximum absolute atomic E-state index is 12.7. The van der Waals surface area contributed by atoms with E-state index in [-0.39, 0.29) is 19.4 Å². The molecule has 0 heterocycles. The van der Waals surface area contributed by atoms with Gasteiger partial charge in [0.1, 0.15) is 12.7 Å². The Balaban J connectivity index is 4.35. The van der Waals surface area contributed by atoms with E-state index < -0.39 is 57.9 Å². The highest BCUT2D eigenvalue weighted by molar-refractivity contribution is 7.47. The number of ether oxygens (including phenoxy) is 2. The summed E-state index contributed by atoms with van der Waals surface area (Å²) in [7, 11) is -4.68. The molecule has 0 bridgehead atoms. The molecule has 4 atom stereocenters. The molecule has 0 saturated carbocycles. The van der Waals surface area contributed by atoms with Crippen LogP contribution in [0, 0.1) is 5.92 Å². The molecule has 0 radical (unpaired) electrons. The van der Waals surface area contributed by atoms with E-state index in [0.717, 1.165) is 50.9 Å². The Labute approximate surface area is 377 Å². The van der Waals surface area contributed by atoms with Crippen molar-refractivity contribution < 1.29 is 52.9 Å². The summed E-state index contributed by atoms with van der Waals surface area (Å²) in [4.78, 5) is 35.1. The second kappa shape index (κ2) is 43.9. The van der Waals surface area contributed by atoms with Crippen LogP contribution in [0.5, 0.6) is 0 Å². The van der Waals surface area contributed by atoms with Gasteiger partial charge in [-0.1, -0.05) is 197 Å². The van der Waals surface area contributed by atoms with E-state index in [2.05, 4.69) is 61.8 Å². The molecular formula is C50H89O11P. The fourth-order valence-electron chi connectivity index (χ4n) is 6.50. The molecule has 0 aromatic rings. The van der Waals surface area contributed by atoms with Crippen molar-refractivity contribution >= 4 is 19.8 Å². The minimum Gasteiger partial charge on any atom is -0.462 e. The van der Waals surface area contributed by atoms with Gasteiger partial charge in [0, 0.05) is 12.8 Å². The van der Waals surface area contributed by atoms with Gasteiger partial charge in [-0.25, -0.2) is 4.57 Å². The molecule has 360 valence electrons. The number of aliphatic hydroxyl groups excluding tert-OH is 3.